The van der Waals surface area contributed by atoms with Crippen molar-refractivity contribution in [1.82, 2.24) is 10.2 Å². The van der Waals surface area contributed by atoms with E-state index in [0.29, 0.717) is 5.56 Å². The second kappa shape index (κ2) is 15.1. The van der Waals surface area contributed by atoms with E-state index in [1.807, 2.05) is 91.0 Å². The Balaban J connectivity index is 1.74. The van der Waals surface area contributed by atoms with E-state index in [9.17, 15) is 24.3 Å². The molecule has 4 aromatic carbocycles. The van der Waals surface area contributed by atoms with Crippen LogP contribution in [0.5, 0.6) is 0 Å². The number of nitrogens with zero attached hydrogens (tertiary/aromatic N) is 1. The van der Waals surface area contributed by atoms with Crippen LogP contribution < -0.4 is 27.0 Å². The molecule has 1 heterocycles. The number of aliphatic hydroxyl groups excluding tert-OH is 1. The topological polar surface area (TPSA) is 139 Å². The predicted molar refractivity (Wildman–Crippen MR) is 189 cm³/mol. The molecule has 48 heavy (non-hydrogen) atoms. The monoisotopic (exact) mass is 663 g/mol. The zero-order chi connectivity index (χ0) is 34.3. The third-order valence-corrected chi connectivity index (χ3v) is 12.7. The van der Waals surface area contributed by atoms with Crippen LogP contribution in [0.15, 0.2) is 128 Å². The Bertz CT molecular complexity index is 1740. The third kappa shape index (κ3) is 6.74. The summed E-state index contributed by atoms with van der Waals surface area (Å²) in [6.07, 6.45) is 0.220. The van der Waals surface area contributed by atoms with Gasteiger partial charge in [0, 0.05) is 25.4 Å². The first kappa shape index (κ1) is 34.1. The van der Waals surface area contributed by atoms with Gasteiger partial charge in [-0.2, -0.15) is 0 Å². The van der Waals surface area contributed by atoms with Crippen LogP contribution in [0.25, 0.3) is 0 Å². The van der Waals surface area contributed by atoms with Gasteiger partial charge in [0.1, 0.15) is 12.0 Å². The molecule has 1 aliphatic rings. The summed E-state index contributed by atoms with van der Waals surface area (Å²) >= 11 is 0. The molecule has 3 amide bonds. The quantitative estimate of drug-likeness (QED) is 0.0659. The maximum absolute atomic E-state index is 14.5. The molecular weight excluding hydrogens is 625 g/mol. The summed E-state index contributed by atoms with van der Waals surface area (Å²) in [5.41, 5.74) is 6.43. The molecule has 1 fully saturated rings. The molecule has 0 bridgehead atoms. The number of Topliss-reactive ketones (excluding diaryl/α,β-unsaturated/α-hetero) is 1. The van der Waals surface area contributed by atoms with Gasteiger partial charge in [0.25, 0.3) is 0 Å². The minimum absolute atomic E-state index is 0.0941. The van der Waals surface area contributed by atoms with Crippen LogP contribution in [0.4, 0.5) is 4.79 Å². The molecular formula is C38H38N3O6P. The number of hydrogen-bond donors (Lipinski definition) is 3. The van der Waals surface area contributed by atoms with E-state index in [1.54, 1.807) is 24.3 Å². The van der Waals surface area contributed by atoms with Gasteiger partial charge in [-0.05, 0) is 28.4 Å². The van der Waals surface area contributed by atoms with Crippen molar-refractivity contribution >= 4 is 51.9 Å². The van der Waals surface area contributed by atoms with E-state index in [4.69, 9.17) is 10.5 Å². The molecule has 246 valence electrons. The smallest absolute Gasteiger partial charge is 0.356 e. The summed E-state index contributed by atoms with van der Waals surface area (Å²) in [6, 6.07) is 33.9. The SMILES string of the molecule is C=CCOC(=O)C(N1C(=O)[C@H]([C@@H](C)O)[C@H]1CC(=O)c1ccc(CNC(N)=O)cc1)=P(c1ccccc1)(c1ccccc1)c1ccccc1. The van der Waals surface area contributed by atoms with Gasteiger partial charge in [-0.25, -0.2) is 9.59 Å². The van der Waals surface area contributed by atoms with Gasteiger partial charge in [0.2, 0.25) is 5.91 Å². The largest absolute Gasteiger partial charge is 0.457 e. The Morgan fingerprint density at radius 3 is 1.83 bits per heavy atom. The van der Waals surface area contributed by atoms with E-state index < -0.39 is 42.9 Å². The molecule has 10 heteroatoms. The molecule has 9 nitrogen and oxygen atoms in total. The highest BCUT2D eigenvalue weighted by Crippen LogP contribution is 2.50. The standard InChI is InChI=1S/C38H38N3O6P/c1-3-23-47-37(45)36(48(29-13-7-4-8-14-29,30-15-9-5-10-16-30)31-17-11-6-12-18-31)41-32(34(26(2)42)35(41)44)24-33(43)28-21-19-27(20-22-28)25-40-38(39)46/h3-22,26,32,34,42H,1,23-25H2,2H3,(H3,39,40,46)/t26-,32-,34-/m1/s1. The summed E-state index contributed by atoms with van der Waals surface area (Å²) in [5, 5.41) is 15.8. The molecule has 0 radical (unpaired) electrons. The van der Waals surface area contributed by atoms with Crippen LogP contribution in [-0.4, -0.2) is 57.9 Å². The van der Waals surface area contributed by atoms with Crippen molar-refractivity contribution in [2.75, 3.05) is 6.61 Å². The van der Waals surface area contributed by atoms with Crippen molar-refractivity contribution < 1.29 is 29.0 Å². The molecule has 0 unspecified atom stereocenters. The number of nitrogens with one attached hydrogen (secondary N) is 1. The first-order chi connectivity index (χ1) is 23.2. The maximum atomic E-state index is 14.5. The molecule has 3 atom stereocenters. The zero-order valence-electron chi connectivity index (χ0n) is 26.6. The Labute approximate surface area is 280 Å². The number of hydrogen-bond acceptors (Lipinski definition) is 6. The number of carbonyl (C=O) groups excluding carboxylic acids is 4. The van der Waals surface area contributed by atoms with Crippen LogP contribution in [0.2, 0.25) is 0 Å². The van der Waals surface area contributed by atoms with Crippen LogP contribution in [-0.2, 0) is 20.9 Å². The van der Waals surface area contributed by atoms with E-state index in [2.05, 4.69) is 11.9 Å². The highest BCUT2D eigenvalue weighted by atomic mass is 31.2. The van der Waals surface area contributed by atoms with Gasteiger partial charge < -0.3 is 25.8 Å². The number of urea groups is 1. The fourth-order valence-electron chi connectivity index (χ4n) is 6.25. The molecule has 0 spiro atoms. The van der Waals surface area contributed by atoms with Gasteiger partial charge in [0.05, 0.1) is 18.1 Å². The molecule has 4 N–H and O–H groups in total. The summed E-state index contributed by atoms with van der Waals surface area (Å²) in [6.45, 7) is 2.16. The number of amides is 3. The van der Waals surface area contributed by atoms with Gasteiger partial charge in [0.15, 0.2) is 5.78 Å². The number of ketones is 1. The summed E-state index contributed by atoms with van der Waals surface area (Å²) < 4.78 is 5.77. The number of carbonyl (C=O) groups is 4. The number of likely N-dealkylation sites (tertiary alicyclic amines) is 1. The number of ether oxygens (including phenoxy) is 1. The van der Waals surface area contributed by atoms with Crippen molar-refractivity contribution in [3.63, 3.8) is 0 Å². The molecule has 5 rings (SSSR count). The van der Waals surface area contributed by atoms with Crippen LogP contribution in [0, 0.1) is 5.92 Å². The Kier molecular flexibility index (Phi) is 10.7. The number of esters is 1. The first-order valence-electron chi connectivity index (χ1n) is 15.6. The minimum Gasteiger partial charge on any atom is -0.457 e. The summed E-state index contributed by atoms with van der Waals surface area (Å²) in [5.74, 6) is -2.38. The van der Waals surface area contributed by atoms with Crippen LogP contribution >= 0.6 is 6.89 Å². The number of β-lactam (4-membered cyclic amide) rings is 1. The number of nitrogens with two attached hydrogens (primary N) is 1. The third-order valence-electron chi connectivity index (χ3n) is 8.42. The van der Waals surface area contributed by atoms with Crippen molar-refractivity contribution in [2.24, 2.45) is 11.7 Å². The zero-order valence-corrected chi connectivity index (χ0v) is 27.5. The van der Waals surface area contributed by atoms with Crippen molar-refractivity contribution in [3.8, 4) is 0 Å². The summed E-state index contributed by atoms with van der Waals surface area (Å²) in [7, 11) is 0. The van der Waals surface area contributed by atoms with Crippen molar-refractivity contribution in [3.05, 3.63) is 139 Å². The number of rotatable bonds is 13. The van der Waals surface area contributed by atoms with Gasteiger partial charge >= 0.3 is 12.0 Å². The van der Waals surface area contributed by atoms with Gasteiger partial charge in [-0.1, -0.05) is 128 Å². The van der Waals surface area contributed by atoms with Gasteiger partial charge in [-0.15, -0.1) is 0 Å². The number of benzene rings is 4. The highest BCUT2D eigenvalue weighted by molar-refractivity contribution is 7.96. The average molecular weight is 664 g/mol. The molecule has 0 aromatic heterocycles. The fourth-order valence-corrected chi connectivity index (χ4v) is 10.6. The lowest BCUT2D eigenvalue weighted by atomic mass is 9.79. The van der Waals surface area contributed by atoms with E-state index in [-0.39, 0.29) is 30.8 Å². The fraction of sp³-hybridized carbons (Fsp3) is 0.184. The summed E-state index contributed by atoms with van der Waals surface area (Å²) in [4.78, 5) is 55.1. The lowest BCUT2D eigenvalue weighted by Gasteiger charge is -2.50. The van der Waals surface area contributed by atoms with E-state index in [0.717, 1.165) is 21.5 Å². The number of primary amides is 1. The number of aliphatic hydroxyl groups is 1. The molecule has 0 saturated carbocycles. The minimum atomic E-state index is -3.18. The van der Waals surface area contributed by atoms with Crippen molar-refractivity contribution in [1.29, 1.82) is 0 Å². The molecule has 4 aromatic rings. The second-order valence-corrected chi connectivity index (χ2v) is 14.8. The molecule has 1 aliphatic heterocycles. The van der Waals surface area contributed by atoms with Crippen LogP contribution in [0.1, 0.15) is 29.3 Å². The first-order valence-corrected chi connectivity index (χ1v) is 17.4. The molecule has 1 saturated heterocycles. The normalized spacial score (nSPS) is 16.3. The lowest BCUT2D eigenvalue weighted by Crippen LogP contribution is -2.68. The highest BCUT2D eigenvalue weighted by Gasteiger charge is 2.55. The predicted octanol–water partition coefficient (Wildman–Crippen LogP) is 3.49. The average Bonchev–Trinajstić information content (AvgIpc) is 3.10. The van der Waals surface area contributed by atoms with E-state index in [1.165, 1.54) is 17.9 Å². The van der Waals surface area contributed by atoms with Gasteiger partial charge in [-0.3, -0.25) is 9.59 Å². The Hall–Kier alpha value is -5.24. The van der Waals surface area contributed by atoms with E-state index >= 15 is 0 Å². The maximum Gasteiger partial charge on any atom is 0.356 e. The molecule has 0 aliphatic carbocycles. The van der Waals surface area contributed by atoms with Crippen LogP contribution in [0.3, 0.4) is 0 Å². The Morgan fingerprint density at radius 2 is 1.40 bits per heavy atom. The Morgan fingerprint density at radius 1 is 0.896 bits per heavy atom. The lowest BCUT2D eigenvalue weighted by molar-refractivity contribution is -0.157. The second-order valence-electron chi connectivity index (χ2n) is 11.5. The van der Waals surface area contributed by atoms with Crippen molar-refractivity contribution in [2.45, 2.75) is 32.0 Å².